The first-order valence-corrected chi connectivity index (χ1v) is 10.8. The second-order valence-electron chi connectivity index (χ2n) is 8.29. The molecule has 1 aromatic carbocycles. The van der Waals surface area contributed by atoms with Crippen molar-refractivity contribution < 1.29 is 4.74 Å². The second kappa shape index (κ2) is 9.75. The number of nitrogens with zero attached hydrogens (tertiary/aromatic N) is 8. The molecule has 1 aliphatic rings. The summed E-state index contributed by atoms with van der Waals surface area (Å²) in [6.07, 6.45) is 7.04. The third-order valence-electron chi connectivity index (χ3n) is 5.87. The Labute approximate surface area is 188 Å². The predicted octanol–water partition coefficient (Wildman–Crippen LogP) is 2.47. The number of hydrogen-bond donors (Lipinski definition) is 0. The molecule has 0 spiro atoms. The summed E-state index contributed by atoms with van der Waals surface area (Å²) in [6.45, 7) is 2.93. The summed E-state index contributed by atoms with van der Waals surface area (Å²) in [4.78, 5) is 4.35. The molecule has 0 amide bonds. The van der Waals surface area contributed by atoms with Gasteiger partial charge in [0, 0.05) is 43.7 Å². The van der Waals surface area contributed by atoms with E-state index in [2.05, 4.69) is 36.3 Å². The molecule has 3 aromatic rings. The van der Waals surface area contributed by atoms with Crippen molar-refractivity contribution in [1.29, 1.82) is 5.26 Å². The SMILES string of the molecule is CN(C)CCOc1ccc(-c2ccnnc2)c(N2CCC(c3nncn3C)CC2)c1C#N. The van der Waals surface area contributed by atoms with Crippen LogP contribution in [0.2, 0.25) is 0 Å². The van der Waals surface area contributed by atoms with Gasteiger partial charge in [-0.3, -0.25) is 0 Å². The quantitative estimate of drug-likeness (QED) is 0.562. The number of nitriles is 1. The number of hydrogen-bond acceptors (Lipinski definition) is 8. The topological polar surface area (TPSA) is 96.0 Å². The number of ether oxygens (including phenoxy) is 1. The van der Waals surface area contributed by atoms with Gasteiger partial charge in [-0.2, -0.15) is 15.5 Å². The van der Waals surface area contributed by atoms with Gasteiger partial charge in [0.1, 0.15) is 36.1 Å². The van der Waals surface area contributed by atoms with E-state index in [0.29, 0.717) is 23.8 Å². The highest BCUT2D eigenvalue weighted by molar-refractivity contribution is 5.84. The average Bonchev–Trinajstić information content (AvgIpc) is 3.25. The van der Waals surface area contributed by atoms with Crippen molar-refractivity contribution in [2.24, 2.45) is 7.05 Å². The molecule has 166 valence electrons. The van der Waals surface area contributed by atoms with Crippen molar-refractivity contribution in [3.05, 3.63) is 48.3 Å². The lowest BCUT2D eigenvalue weighted by atomic mass is 9.93. The molecule has 9 nitrogen and oxygen atoms in total. The van der Waals surface area contributed by atoms with Gasteiger partial charge in [-0.15, -0.1) is 10.2 Å². The van der Waals surface area contributed by atoms with E-state index in [1.54, 1.807) is 18.7 Å². The first kappa shape index (κ1) is 21.7. The first-order valence-electron chi connectivity index (χ1n) is 10.8. The van der Waals surface area contributed by atoms with E-state index >= 15 is 0 Å². The van der Waals surface area contributed by atoms with Crippen molar-refractivity contribution in [3.63, 3.8) is 0 Å². The highest BCUT2D eigenvalue weighted by Crippen LogP contribution is 2.41. The number of likely N-dealkylation sites (N-methyl/N-ethyl adjacent to an activating group) is 1. The van der Waals surface area contributed by atoms with E-state index in [-0.39, 0.29) is 0 Å². The van der Waals surface area contributed by atoms with Gasteiger partial charge in [-0.1, -0.05) is 0 Å². The van der Waals surface area contributed by atoms with Crippen LogP contribution in [0.1, 0.15) is 30.1 Å². The van der Waals surface area contributed by atoms with Crippen molar-refractivity contribution >= 4 is 5.69 Å². The van der Waals surface area contributed by atoms with Crippen LogP contribution in [0.15, 0.2) is 36.9 Å². The van der Waals surface area contributed by atoms with E-state index in [1.165, 1.54) is 0 Å². The summed E-state index contributed by atoms with van der Waals surface area (Å²) < 4.78 is 8.01. The molecular formula is C23H28N8O. The Hall–Kier alpha value is -3.51. The Morgan fingerprint density at radius 2 is 1.97 bits per heavy atom. The Morgan fingerprint density at radius 1 is 1.16 bits per heavy atom. The highest BCUT2D eigenvalue weighted by atomic mass is 16.5. The van der Waals surface area contributed by atoms with Gasteiger partial charge >= 0.3 is 0 Å². The zero-order valence-corrected chi connectivity index (χ0v) is 18.8. The van der Waals surface area contributed by atoms with Crippen molar-refractivity contribution in [1.82, 2.24) is 29.9 Å². The molecule has 1 fully saturated rings. The van der Waals surface area contributed by atoms with Gasteiger partial charge in [-0.05, 0) is 45.1 Å². The maximum atomic E-state index is 10.1. The molecule has 2 aromatic heterocycles. The third-order valence-corrected chi connectivity index (χ3v) is 5.87. The van der Waals surface area contributed by atoms with E-state index in [0.717, 1.165) is 55.1 Å². The molecule has 0 radical (unpaired) electrons. The molecule has 0 unspecified atom stereocenters. The zero-order valence-electron chi connectivity index (χ0n) is 18.8. The van der Waals surface area contributed by atoms with E-state index in [9.17, 15) is 5.26 Å². The molecule has 3 heterocycles. The number of aryl methyl sites for hydroxylation is 1. The van der Waals surface area contributed by atoms with Gasteiger partial charge in [0.25, 0.3) is 0 Å². The molecule has 0 atom stereocenters. The van der Waals surface area contributed by atoms with Crippen LogP contribution in [0.3, 0.4) is 0 Å². The van der Waals surface area contributed by atoms with Crippen LogP contribution < -0.4 is 9.64 Å². The van der Waals surface area contributed by atoms with Crippen molar-refractivity contribution in [3.8, 4) is 22.9 Å². The molecule has 4 rings (SSSR count). The van der Waals surface area contributed by atoms with Gasteiger partial charge in [0.15, 0.2) is 0 Å². The van der Waals surface area contributed by atoms with Gasteiger partial charge in [-0.25, -0.2) is 0 Å². The summed E-state index contributed by atoms with van der Waals surface area (Å²) in [7, 11) is 5.99. The first-order chi connectivity index (χ1) is 15.6. The van der Waals surface area contributed by atoms with Crippen LogP contribution in [0.4, 0.5) is 5.69 Å². The Kier molecular flexibility index (Phi) is 6.61. The molecule has 1 aliphatic heterocycles. The summed E-state index contributed by atoms with van der Waals surface area (Å²) in [6, 6.07) is 8.25. The van der Waals surface area contributed by atoms with Crippen LogP contribution in [0, 0.1) is 11.3 Å². The lowest BCUT2D eigenvalue weighted by molar-refractivity contribution is 0.261. The summed E-state index contributed by atoms with van der Waals surface area (Å²) >= 11 is 0. The fourth-order valence-corrected chi connectivity index (χ4v) is 4.17. The monoisotopic (exact) mass is 432 g/mol. The maximum absolute atomic E-state index is 10.1. The van der Waals surface area contributed by atoms with Crippen LogP contribution in [0.25, 0.3) is 11.1 Å². The maximum Gasteiger partial charge on any atom is 0.139 e. The largest absolute Gasteiger partial charge is 0.491 e. The molecule has 0 N–H and O–H groups in total. The van der Waals surface area contributed by atoms with Crippen molar-refractivity contribution in [2.75, 3.05) is 45.2 Å². The Morgan fingerprint density at radius 3 is 2.59 bits per heavy atom. The number of aromatic nitrogens is 5. The predicted molar refractivity (Wildman–Crippen MR) is 121 cm³/mol. The van der Waals surface area contributed by atoms with E-state index < -0.39 is 0 Å². The minimum atomic E-state index is 0.356. The third kappa shape index (κ3) is 4.55. The fourth-order valence-electron chi connectivity index (χ4n) is 4.17. The molecule has 32 heavy (non-hydrogen) atoms. The molecular weight excluding hydrogens is 404 g/mol. The number of benzene rings is 1. The average molecular weight is 433 g/mol. The minimum absolute atomic E-state index is 0.356. The molecule has 1 saturated heterocycles. The lowest BCUT2D eigenvalue weighted by Crippen LogP contribution is -2.34. The highest BCUT2D eigenvalue weighted by Gasteiger charge is 2.28. The summed E-state index contributed by atoms with van der Waals surface area (Å²) in [5.41, 5.74) is 3.37. The van der Waals surface area contributed by atoms with Gasteiger partial charge < -0.3 is 19.1 Å². The molecule has 9 heteroatoms. The zero-order chi connectivity index (χ0) is 22.5. The second-order valence-corrected chi connectivity index (χ2v) is 8.29. The lowest BCUT2D eigenvalue weighted by Gasteiger charge is -2.35. The van der Waals surface area contributed by atoms with Crippen molar-refractivity contribution in [2.45, 2.75) is 18.8 Å². The Balaban J connectivity index is 1.66. The smallest absolute Gasteiger partial charge is 0.139 e. The summed E-state index contributed by atoms with van der Waals surface area (Å²) in [5, 5.41) is 26.4. The summed E-state index contributed by atoms with van der Waals surface area (Å²) in [5.74, 6) is 1.99. The van der Waals surface area contributed by atoms with Gasteiger partial charge in [0.05, 0.1) is 18.1 Å². The number of rotatable bonds is 7. The van der Waals surface area contributed by atoms with Crippen LogP contribution in [-0.4, -0.2) is 70.2 Å². The van der Waals surface area contributed by atoms with E-state index in [1.807, 2.05) is 43.9 Å². The van der Waals surface area contributed by atoms with Crippen LogP contribution >= 0.6 is 0 Å². The number of piperidine rings is 1. The van der Waals surface area contributed by atoms with Crippen LogP contribution in [-0.2, 0) is 7.05 Å². The molecule has 0 bridgehead atoms. The van der Waals surface area contributed by atoms with E-state index in [4.69, 9.17) is 4.74 Å². The Bertz CT molecular complexity index is 1080. The van der Waals surface area contributed by atoms with Crippen LogP contribution in [0.5, 0.6) is 5.75 Å². The fraction of sp³-hybridized carbons (Fsp3) is 0.435. The minimum Gasteiger partial charge on any atom is -0.491 e. The molecule has 0 saturated carbocycles. The standard InChI is InChI=1S/C23H28N8O/c1-29(2)12-13-32-21-5-4-19(18-6-9-25-26-15-18)22(20(21)14-24)31-10-7-17(8-11-31)23-28-27-16-30(23)3/h4-6,9,15-17H,7-8,10-13H2,1-3H3. The number of anilines is 1. The normalized spacial score (nSPS) is 14.5. The molecule has 0 aliphatic carbocycles. The van der Waals surface area contributed by atoms with Gasteiger partial charge in [0.2, 0.25) is 0 Å².